The molecule has 3 aliphatic rings. The van der Waals surface area contributed by atoms with Gasteiger partial charge in [-0.15, -0.1) is 0 Å². The maximum absolute atomic E-state index is 13.5. The van der Waals surface area contributed by atoms with E-state index in [2.05, 4.69) is 5.32 Å². The summed E-state index contributed by atoms with van der Waals surface area (Å²) in [5.74, 6) is -0.649. The molecule has 0 aromatic heterocycles. The first kappa shape index (κ1) is 22.5. The van der Waals surface area contributed by atoms with Crippen molar-refractivity contribution in [3.63, 3.8) is 0 Å². The molecular formula is C30H28N2O4. The van der Waals surface area contributed by atoms with Crippen molar-refractivity contribution in [2.45, 2.75) is 32.0 Å². The summed E-state index contributed by atoms with van der Waals surface area (Å²) in [6, 6.07) is 26.9. The van der Waals surface area contributed by atoms with Crippen LogP contribution in [0.25, 0.3) is 0 Å². The molecule has 0 radical (unpaired) electrons. The Morgan fingerprint density at radius 1 is 0.833 bits per heavy atom. The number of hydrogen-bond acceptors (Lipinski definition) is 4. The van der Waals surface area contributed by atoms with E-state index in [1.807, 2.05) is 65.6 Å². The van der Waals surface area contributed by atoms with Gasteiger partial charge in [0.25, 0.3) is 5.91 Å². The van der Waals surface area contributed by atoms with Crippen molar-refractivity contribution in [3.05, 3.63) is 102 Å². The monoisotopic (exact) mass is 480 g/mol. The summed E-state index contributed by atoms with van der Waals surface area (Å²) < 4.78 is 5.46. The lowest BCUT2D eigenvalue weighted by Gasteiger charge is -2.24. The summed E-state index contributed by atoms with van der Waals surface area (Å²) in [7, 11) is 0. The number of ether oxygens (including phenoxy) is 1. The Morgan fingerprint density at radius 3 is 2.06 bits per heavy atom. The zero-order valence-electron chi connectivity index (χ0n) is 19.9. The Balaban J connectivity index is 1.16. The first-order chi connectivity index (χ1) is 17.6. The van der Waals surface area contributed by atoms with Crippen LogP contribution in [0, 0.1) is 23.7 Å². The maximum atomic E-state index is 13.5. The topological polar surface area (TPSA) is 75.7 Å². The van der Waals surface area contributed by atoms with E-state index in [1.165, 1.54) is 0 Å². The van der Waals surface area contributed by atoms with E-state index in [9.17, 15) is 14.4 Å². The van der Waals surface area contributed by atoms with Gasteiger partial charge in [0.2, 0.25) is 5.91 Å². The van der Waals surface area contributed by atoms with Crippen LogP contribution < -0.4 is 5.32 Å². The number of esters is 1. The Hall–Kier alpha value is -3.93. The fraction of sp³-hybridized carbons (Fsp3) is 0.300. The van der Waals surface area contributed by atoms with Crippen molar-refractivity contribution in [3.8, 4) is 0 Å². The van der Waals surface area contributed by atoms with Crippen LogP contribution in [0.1, 0.15) is 34.3 Å². The normalized spacial score (nSPS) is 25.4. The smallest absolute Gasteiger partial charge is 0.310 e. The highest BCUT2D eigenvalue weighted by atomic mass is 16.6. The van der Waals surface area contributed by atoms with Crippen LogP contribution in [0.3, 0.4) is 0 Å². The molecular weight excluding hydrogens is 452 g/mol. The fourth-order valence-electron chi connectivity index (χ4n) is 6.27. The molecule has 182 valence electrons. The standard InChI is InChI=1S/C30H28N2O4/c33-28(26-22-15-24-25(16-22)36-30(35)27(24)26)31-23-13-11-21(12-14-23)29(34)32(17-19-7-3-1-4-8-19)18-20-9-5-2-6-10-20/h1-14,22,24-27H,15-18H2,(H,31,33). The van der Waals surface area contributed by atoms with E-state index in [4.69, 9.17) is 4.74 Å². The van der Waals surface area contributed by atoms with Gasteiger partial charge in [-0.25, -0.2) is 0 Å². The Morgan fingerprint density at radius 2 is 1.44 bits per heavy atom. The van der Waals surface area contributed by atoms with Gasteiger partial charge in [0.15, 0.2) is 0 Å². The molecule has 5 unspecified atom stereocenters. The van der Waals surface area contributed by atoms with Gasteiger partial charge >= 0.3 is 5.97 Å². The number of fused-ring (bicyclic) bond motifs is 1. The number of amides is 2. The first-order valence-corrected chi connectivity index (χ1v) is 12.6. The van der Waals surface area contributed by atoms with Crippen molar-refractivity contribution in [2.75, 3.05) is 5.32 Å². The van der Waals surface area contributed by atoms with Gasteiger partial charge in [-0.2, -0.15) is 0 Å². The van der Waals surface area contributed by atoms with Crippen LogP contribution in [0.4, 0.5) is 5.69 Å². The van der Waals surface area contributed by atoms with Crippen LogP contribution >= 0.6 is 0 Å². The third-order valence-corrected chi connectivity index (χ3v) is 7.91. The Kier molecular flexibility index (Phi) is 5.80. The van der Waals surface area contributed by atoms with Gasteiger partial charge < -0.3 is 15.0 Å². The van der Waals surface area contributed by atoms with Gasteiger partial charge in [-0.05, 0) is 54.2 Å². The van der Waals surface area contributed by atoms with Crippen LogP contribution in [-0.4, -0.2) is 28.8 Å². The molecule has 2 aliphatic carbocycles. The van der Waals surface area contributed by atoms with Crippen LogP contribution in [-0.2, 0) is 27.4 Å². The van der Waals surface area contributed by atoms with E-state index >= 15 is 0 Å². The van der Waals surface area contributed by atoms with Crippen molar-refractivity contribution < 1.29 is 19.1 Å². The van der Waals surface area contributed by atoms with E-state index in [-0.39, 0.29) is 47.6 Å². The predicted octanol–water partition coefficient (Wildman–Crippen LogP) is 4.67. The van der Waals surface area contributed by atoms with Gasteiger partial charge in [0, 0.05) is 30.3 Å². The van der Waals surface area contributed by atoms with E-state index in [0.717, 1.165) is 24.0 Å². The second-order valence-corrected chi connectivity index (χ2v) is 10.1. The number of nitrogens with zero attached hydrogens (tertiary/aromatic N) is 1. The number of rotatable bonds is 7. The lowest BCUT2D eigenvalue weighted by Crippen LogP contribution is -2.35. The maximum Gasteiger partial charge on any atom is 0.310 e. The molecule has 2 amide bonds. The molecule has 6 nitrogen and oxygen atoms in total. The molecule has 2 bridgehead atoms. The Bertz CT molecular complexity index is 1230. The minimum Gasteiger partial charge on any atom is -0.462 e. The lowest BCUT2D eigenvalue weighted by molar-refractivity contribution is -0.145. The van der Waals surface area contributed by atoms with Crippen LogP contribution in [0.5, 0.6) is 0 Å². The highest BCUT2D eigenvalue weighted by molar-refractivity contribution is 5.98. The van der Waals surface area contributed by atoms with Crippen molar-refractivity contribution >= 4 is 23.5 Å². The SMILES string of the molecule is O=C(Nc1ccc(C(=O)N(Cc2ccccc2)Cc2ccccc2)cc1)C1C2CC3OC(=O)C1C3C2. The molecule has 2 saturated carbocycles. The summed E-state index contributed by atoms with van der Waals surface area (Å²) in [5, 5.41) is 2.98. The lowest BCUT2D eigenvalue weighted by atomic mass is 9.79. The third kappa shape index (κ3) is 4.17. The summed E-state index contributed by atoms with van der Waals surface area (Å²) in [5.41, 5.74) is 3.30. The fourth-order valence-corrected chi connectivity index (χ4v) is 6.27. The summed E-state index contributed by atoms with van der Waals surface area (Å²) in [4.78, 5) is 40.7. The Labute approximate surface area is 210 Å². The highest BCUT2D eigenvalue weighted by Gasteiger charge is 2.63. The number of benzene rings is 3. The molecule has 6 heteroatoms. The number of hydrogen-bond donors (Lipinski definition) is 1. The molecule has 6 rings (SSSR count). The quantitative estimate of drug-likeness (QED) is 0.499. The number of carbonyl (C=O) groups excluding carboxylic acids is 3. The minimum absolute atomic E-state index is 0.0107. The van der Waals surface area contributed by atoms with Crippen molar-refractivity contribution in [2.24, 2.45) is 23.7 Å². The zero-order chi connectivity index (χ0) is 24.6. The average Bonchev–Trinajstić information content (AvgIpc) is 3.53. The summed E-state index contributed by atoms with van der Waals surface area (Å²) in [6.45, 7) is 0.992. The van der Waals surface area contributed by atoms with Gasteiger partial charge in [-0.1, -0.05) is 60.7 Å². The molecule has 3 aromatic carbocycles. The zero-order valence-corrected chi connectivity index (χ0v) is 19.9. The third-order valence-electron chi connectivity index (χ3n) is 7.91. The average molecular weight is 481 g/mol. The van der Waals surface area contributed by atoms with E-state index < -0.39 is 0 Å². The van der Waals surface area contributed by atoms with Gasteiger partial charge in [-0.3, -0.25) is 14.4 Å². The highest BCUT2D eigenvalue weighted by Crippen LogP contribution is 2.57. The van der Waals surface area contributed by atoms with Gasteiger partial charge in [0.1, 0.15) is 6.10 Å². The van der Waals surface area contributed by atoms with Gasteiger partial charge in [0.05, 0.1) is 11.8 Å². The van der Waals surface area contributed by atoms with Crippen molar-refractivity contribution in [1.29, 1.82) is 0 Å². The first-order valence-electron chi connectivity index (χ1n) is 12.6. The molecule has 1 saturated heterocycles. The van der Waals surface area contributed by atoms with Crippen LogP contribution in [0.15, 0.2) is 84.9 Å². The molecule has 1 N–H and O–H groups in total. The number of carbonyl (C=O) groups is 3. The molecule has 3 fully saturated rings. The molecule has 1 aliphatic heterocycles. The van der Waals surface area contributed by atoms with E-state index in [1.54, 1.807) is 24.3 Å². The molecule has 36 heavy (non-hydrogen) atoms. The summed E-state index contributed by atoms with van der Waals surface area (Å²) in [6.07, 6.45) is 1.69. The largest absolute Gasteiger partial charge is 0.462 e. The number of anilines is 1. The second kappa shape index (κ2) is 9.26. The molecule has 5 atom stereocenters. The molecule has 3 aromatic rings. The predicted molar refractivity (Wildman–Crippen MR) is 135 cm³/mol. The second-order valence-electron chi connectivity index (χ2n) is 10.1. The number of nitrogens with one attached hydrogen (secondary N) is 1. The minimum atomic E-state index is -0.324. The van der Waals surface area contributed by atoms with E-state index in [0.29, 0.717) is 24.3 Å². The van der Waals surface area contributed by atoms with Crippen LogP contribution in [0.2, 0.25) is 0 Å². The summed E-state index contributed by atoms with van der Waals surface area (Å²) >= 11 is 0. The molecule has 0 spiro atoms. The van der Waals surface area contributed by atoms with Crippen molar-refractivity contribution in [1.82, 2.24) is 4.90 Å². The molecule has 1 heterocycles.